The van der Waals surface area contributed by atoms with Crippen molar-refractivity contribution >= 4 is 0 Å². The molecule has 0 radical (unpaired) electrons. The maximum atomic E-state index is 9.33. The second-order valence-corrected chi connectivity index (χ2v) is 5.92. The maximum Gasteiger partial charge on any atom is 0.111 e. The van der Waals surface area contributed by atoms with Gasteiger partial charge in [0.05, 0.1) is 6.61 Å². The molecule has 5 atom stereocenters. The van der Waals surface area contributed by atoms with Crippen LogP contribution in [0.15, 0.2) is 0 Å². The number of epoxide rings is 1. The average molecular weight is 225 g/mol. The summed E-state index contributed by atoms with van der Waals surface area (Å²) >= 11 is 0. The van der Waals surface area contributed by atoms with Gasteiger partial charge in [0.25, 0.3) is 0 Å². The van der Waals surface area contributed by atoms with Crippen molar-refractivity contribution in [1.29, 1.82) is 0 Å². The molecule has 2 aliphatic heterocycles. The van der Waals surface area contributed by atoms with Crippen molar-refractivity contribution in [2.75, 3.05) is 13.7 Å². The zero-order valence-electron chi connectivity index (χ0n) is 10.4. The van der Waals surface area contributed by atoms with E-state index in [1.165, 1.54) is 25.7 Å². The number of hydrogen-bond acceptors (Lipinski definition) is 3. The predicted octanol–water partition coefficient (Wildman–Crippen LogP) is 1.40. The quantitative estimate of drug-likeness (QED) is 0.685. The zero-order chi connectivity index (χ0) is 11.3. The minimum atomic E-state index is 0.0474. The highest BCUT2D eigenvalue weighted by Crippen LogP contribution is 2.55. The number of hydrogen-bond donors (Lipinski definition) is 1. The molecule has 2 unspecified atom stereocenters. The number of piperidine rings is 1. The molecule has 2 saturated heterocycles. The molecular formula is C13H23NO2. The van der Waals surface area contributed by atoms with Crippen LogP contribution < -0.4 is 0 Å². The monoisotopic (exact) mass is 225 g/mol. The first kappa shape index (κ1) is 11.0. The summed E-state index contributed by atoms with van der Waals surface area (Å²) in [7, 11) is 2.26. The minimum Gasteiger partial charge on any atom is -0.394 e. The van der Waals surface area contributed by atoms with Crippen molar-refractivity contribution in [2.24, 2.45) is 5.92 Å². The number of ether oxygens (including phenoxy) is 1. The minimum absolute atomic E-state index is 0.0474. The molecule has 3 heteroatoms. The Kier molecular flexibility index (Phi) is 2.54. The molecule has 1 spiro atoms. The number of aliphatic hydroxyl groups is 1. The van der Waals surface area contributed by atoms with Crippen molar-refractivity contribution < 1.29 is 9.84 Å². The van der Waals surface area contributed by atoms with Crippen LogP contribution in [-0.4, -0.2) is 47.4 Å². The van der Waals surface area contributed by atoms with Crippen molar-refractivity contribution in [2.45, 2.75) is 62.8 Å². The van der Waals surface area contributed by atoms with E-state index in [0.717, 1.165) is 6.42 Å². The Morgan fingerprint density at radius 1 is 1.38 bits per heavy atom. The van der Waals surface area contributed by atoms with E-state index >= 15 is 0 Å². The Balaban J connectivity index is 1.85. The van der Waals surface area contributed by atoms with Gasteiger partial charge in [-0.25, -0.2) is 0 Å². The molecule has 0 aromatic rings. The van der Waals surface area contributed by atoms with Gasteiger partial charge in [-0.3, -0.25) is 0 Å². The average Bonchev–Trinajstić information content (AvgIpc) is 3.01. The first-order valence-corrected chi connectivity index (χ1v) is 6.69. The normalized spacial score (nSPS) is 52.7. The topological polar surface area (TPSA) is 36.0 Å². The zero-order valence-corrected chi connectivity index (χ0v) is 10.4. The van der Waals surface area contributed by atoms with Crippen LogP contribution in [0.5, 0.6) is 0 Å². The second-order valence-electron chi connectivity index (χ2n) is 5.92. The molecule has 92 valence electrons. The van der Waals surface area contributed by atoms with Gasteiger partial charge in [0, 0.05) is 18.0 Å². The molecule has 16 heavy (non-hydrogen) atoms. The highest BCUT2D eigenvalue weighted by Gasteiger charge is 2.65. The van der Waals surface area contributed by atoms with Gasteiger partial charge in [-0.1, -0.05) is 12.8 Å². The number of likely N-dealkylation sites (tertiary alicyclic amines) is 1. The van der Waals surface area contributed by atoms with Crippen molar-refractivity contribution in [3.05, 3.63) is 0 Å². The molecule has 3 fully saturated rings. The fraction of sp³-hybridized carbons (Fsp3) is 1.00. The smallest absolute Gasteiger partial charge is 0.111 e. The van der Waals surface area contributed by atoms with Crippen molar-refractivity contribution in [3.8, 4) is 0 Å². The van der Waals surface area contributed by atoms with Gasteiger partial charge in [-0.2, -0.15) is 0 Å². The standard InChI is InChI=1S/C13H23NO2/c1-9-7-13(12(8-15)16-13)10-5-3-4-6-11(10)14(9)2/h9-12,15H,3-8H2,1-2H3/t9-,10+,11+,12?,13?/m1/s1. The van der Waals surface area contributed by atoms with Gasteiger partial charge in [0.2, 0.25) is 0 Å². The summed E-state index contributed by atoms with van der Waals surface area (Å²) in [4.78, 5) is 2.55. The van der Waals surface area contributed by atoms with Crippen LogP contribution in [0, 0.1) is 5.92 Å². The molecule has 1 saturated carbocycles. The Morgan fingerprint density at radius 2 is 2.12 bits per heavy atom. The van der Waals surface area contributed by atoms with E-state index in [-0.39, 0.29) is 18.3 Å². The Morgan fingerprint density at radius 3 is 2.81 bits per heavy atom. The molecule has 2 heterocycles. The fourth-order valence-corrected chi connectivity index (χ4v) is 4.18. The molecular weight excluding hydrogens is 202 g/mol. The van der Waals surface area contributed by atoms with Gasteiger partial charge in [0.1, 0.15) is 11.7 Å². The van der Waals surface area contributed by atoms with Crippen LogP contribution in [0.3, 0.4) is 0 Å². The molecule has 1 aliphatic carbocycles. The SMILES string of the molecule is C[C@@H]1CC2(OC2CO)[C@H]2CCCC[C@@H]2N1C. The summed E-state index contributed by atoms with van der Waals surface area (Å²) in [5.41, 5.74) is 0.0474. The number of fused-ring (bicyclic) bond motifs is 2. The summed E-state index contributed by atoms with van der Waals surface area (Å²) in [5, 5.41) is 9.33. The van der Waals surface area contributed by atoms with Crippen LogP contribution >= 0.6 is 0 Å². The summed E-state index contributed by atoms with van der Waals surface area (Å²) in [6.07, 6.45) is 6.54. The van der Waals surface area contributed by atoms with E-state index in [1.54, 1.807) is 0 Å². The molecule has 1 N–H and O–H groups in total. The van der Waals surface area contributed by atoms with E-state index in [0.29, 0.717) is 18.0 Å². The summed E-state index contributed by atoms with van der Waals surface area (Å²) < 4.78 is 5.91. The van der Waals surface area contributed by atoms with Crippen LogP contribution in [0.2, 0.25) is 0 Å². The Hall–Kier alpha value is -0.120. The van der Waals surface area contributed by atoms with Crippen molar-refractivity contribution in [3.63, 3.8) is 0 Å². The Labute approximate surface area is 97.8 Å². The third-order valence-electron chi connectivity index (χ3n) is 5.21. The first-order valence-electron chi connectivity index (χ1n) is 6.69. The number of aliphatic hydroxyl groups excluding tert-OH is 1. The Bertz CT molecular complexity index is 283. The van der Waals surface area contributed by atoms with Crippen LogP contribution in [-0.2, 0) is 4.74 Å². The largest absolute Gasteiger partial charge is 0.394 e. The number of rotatable bonds is 1. The lowest BCUT2D eigenvalue weighted by atomic mass is 9.68. The molecule has 0 amide bonds. The fourth-order valence-electron chi connectivity index (χ4n) is 4.18. The summed E-state index contributed by atoms with van der Waals surface area (Å²) in [6, 6.07) is 1.28. The molecule has 3 aliphatic rings. The summed E-state index contributed by atoms with van der Waals surface area (Å²) in [6.45, 7) is 2.50. The molecule has 0 aromatic heterocycles. The molecule has 0 bridgehead atoms. The third-order valence-corrected chi connectivity index (χ3v) is 5.21. The van der Waals surface area contributed by atoms with Gasteiger partial charge in [0.15, 0.2) is 0 Å². The maximum absolute atomic E-state index is 9.33. The van der Waals surface area contributed by atoms with Crippen LogP contribution in [0.4, 0.5) is 0 Å². The third kappa shape index (κ3) is 1.38. The second kappa shape index (κ2) is 3.69. The predicted molar refractivity (Wildman–Crippen MR) is 62.3 cm³/mol. The van der Waals surface area contributed by atoms with Crippen LogP contribution in [0.25, 0.3) is 0 Å². The summed E-state index contributed by atoms with van der Waals surface area (Å²) in [5.74, 6) is 0.666. The van der Waals surface area contributed by atoms with Gasteiger partial charge in [-0.15, -0.1) is 0 Å². The lowest BCUT2D eigenvalue weighted by molar-refractivity contribution is -0.0156. The highest BCUT2D eigenvalue weighted by molar-refractivity contribution is 5.15. The first-order chi connectivity index (χ1) is 7.69. The van der Waals surface area contributed by atoms with E-state index < -0.39 is 0 Å². The van der Waals surface area contributed by atoms with E-state index in [4.69, 9.17) is 4.74 Å². The van der Waals surface area contributed by atoms with E-state index in [1.807, 2.05) is 0 Å². The van der Waals surface area contributed by atoms with Crippen LogP contribution in [0.1, 0.15) is 39.0 Å². The van der Waals surface area contributed by atoms with Gasteiger partial charge >= 0.3 is 0 Å². The molecule has 3 nitrogen and oxygen atoms in total. The van der Waals surface area contributed by atoms with Gasteiger partial charge in [-0.05, 0) is 33.2 Å². The molecule has 0 aromatic carbocycles. The lowest BCUT2D eigenvalue weighted by Gasteiger charge is -2.49. The van der Waals surface area contributed by atoms with E-state index in [2.05, 4.69) is 18.9 Å². The van der Waals surface area contributed by atoms with E-state index in [9.17, 15) is 5.11 Å². The molecule has 3 rings (SSSR count). The number of nitrogens with zero attached hydrogens (tertiary/aromatic N) is 1. The van der Waals surface area contributed by atoms with Crippen molar-refractivity contribution in [1.82, 2.24) is 4.90 Å². The lowest BCUT2D eigenvalue weighted by Crippen LogP contribution is -2.57. The highest BCUT2D eigenvalue weighted by atomic mass is 16.6. The van der Waals surface area contributed by atoms with Gasteiger partial charge < -0.3 is 14.7 Å².